The minimum Gasteiger partial charge on any atom is -0.481 e. The molecular weight excluding hydrogens is 782 g/mol. The van der Waals surface area contributed by atoms with Crippen LogP contribution in [0.3, 0.4) is 0 Å². The number of amides is 7. The monoisotopic (exact) mass is 841 g/mol. The summed E-state index contributed by atoms with van der Waals surface area (Å²) in [7, 11) is 0. The highest BCUT2D eigenvalue weighted by Crippen LogP contribution is 2.20. The number of nitrogens with one attached hydrogen (secondary N) is 8. The second kappa shape index (κ2) is 24.6. The molecule has 1 fully saturated rings. The average Bonchev–Trinajstić information content (AvgIpc) is 3.62. The highest BCUT2D eigenvalue weighted by Gasteiger charge is 2.39. The number of guanidine groups is 1. The van der Waals surface area contributed by atoms with Gasteiger partial charge in [0.1, 0.15) is 36.3 Å². The molecule has 59 heavy (non-hydrogen) atoms. The SMILES string of the molecule is CC(C)C[C@H](NC(=O)CNC(=O)[C@H](C)NC(=O)[C@H](CC(=O)O)NC(=O)[C@@H](N)CC(=O)O)C(=O)N[C@H](C(=O)N[C@@H](CCCNC(=N)N)C(=O)N1CCC[C@H]1C(=O)O)C(C)C. The van der Waals surface area contributed by atoms with Crippen LogP contribution in [0, 0.1) is 17.2 Å². The summed E-state index contributed by atoms with van der Waals surface area (Å²) < 4.78 is 0. The highest BCUT2D eigenvalue weighted by atomic mass is 16.4. The quantitative estimate of drug-likeness (QED) is 0.0236. The number of rotatable bonds is 25. The maximum Gasteiger partial charge on any atom is 0.326 e. The Bertz CT molecular complexity index is 1570. The van der Waals surface area contributed by atoms with Gasteiger partial charge < -0.3 is 68.9 Å². The Morgan fingerprint density at radius 3 is 1.86 bits per heavy atom. The molecule has 0 aromatic heterocycles. The molecular formula is C35H59N11O13. The zero-order valence-electron chi connectivity index (χ0n) is 33.8. The topological polar surface area (TPSA) is 395 Å². The van der Waals surface area contributed by atoms with E-state index in [4.69, 9.17) is 22.0 Å². The first-order valence-electron chi connectivity index (χ1n) is 19.0. The summed E-state index contributed by atoms with van der Waals surface area (Å²) in [5, 5.41) is 51.9. The molecule has 1 rings (SSSR count). The minimum absolute atomic E-state index is 0.0509. The lowest BCUT2D eigenvalue weighted by Gasteiger charge is -2.30. The van der Waals surface area contributed by atoms with Crippen molar-refractivity contribution in [2.75, 3.05) is 19.6 Å². The average molecular weight is 842 g/mol. The Hall–Kier alpha value is -6.07. The number of carbonyl (C=O) groups excluding carboxylic acids is 7. The van der Waals surface area contributed by atoms with Crippen molar-refractivity contribution in [3.05, 3.63) is 0 Å². The summed E-state index contributed by atoms with van der Waals surface area (Å²) in [6.45, 7) is 7.67. The number of carboxylic acids is 3. The molecule has 24 heteroatoms. The summed E-state index contributed by atoms with van der Waals surface area (Å²) in [5.41, 5.74) is 10.8. The first-order valence-corrected chi connectivity index (χ1v) is 19.0. The lowest BCUT2D eigenvalue weighted by atomic mass is 9.99. The molecule has 0 radical (unpaired) electrons. The third-order valence-corrected chi connectivity index (χ3v) is 8.94. The summed E-state index contributed by atoms with van der Waals surface area (Å²) >= 11 is 0. The van der Waals surface area contributed by atoms with Crippen molar-refractivity contribution in [1.29, 1.82) is 5.41 Å². The molecule has 1 saturated heterocycles. The Kier molecular flexibility index (Phi) is 21.3. The van der Waals surface area contributed by atoms with Gasteiger partial charge in [-0.25, -0.2) is 4.79 Å². The normalized spacial score (nSPS) is 16.6. The number of nitrogens with two attached hydrogens (primary N) is 2. The molecule has 0 saturated carbocycles. The van der Waals surface area contributed by atoms with Crippen molar-refractivity contribution < 1.29 is 63.3 Å². The molecule has 0 aliphatic carbocycles. The predicted octanol–water partition coefficient (Wildman–Crippen LogP) is -4.14. The number of aliphatic carboxylic acids is 3. The van der Waals surface area contributed by atoms with Crippen LogP contribution in [-0.4, -0.2) is 147 Å². The van der Waals surface area contributed by atoms with Gasteiger partial charge >= 0.3 is 17.9 Å². The summed E-state index contributed by atoms with van der Waals surface area (Å²) in [6.07, 6.45) is -0.638. The minimum atomic E-state index is -1.73. The van der Waals surface area contributed by atoms with Crippen LogP contribution in [0.2, 0.25) is 0 Å². The number of hydrogen-bond donors (Lipinski definition) is 13. The van der Waals surface area contributed by atoms with E-state index in [0.29, 0.717) is 6.42 Å². The van der Waals surface area contributed by atoms with E-state index >= 15 is 0 Å². The van der Waals surface area contributed by atoms with Gasteiger partial charge in [-0.3, -0.25) is 48.6 Å². The Morgan fingerprint density at radius 2 is 1.32 bits per heavy atom. The van der Waals surface area contributed by atoms with Gasteiger partial charge in [-0.2, -0.15) is 0 Å². The number of carboxylic acid groups (broad SMARTS) is 3. The van der Waals surface area contributed by atoms with Crippen LogP contribution in [0.25, 0.3) is 0 Å². The molecule has 1 aliphatic heterocycles. The van der Waals surface area contributed by atoms with E-state index in [2.05, 4.69) is 31.9 Å². The van der Waals surface area contributed by atoms with Gasteiger partial charge in [0.05, 0.1) is 25.4 Å². The Labute approximate surface area is 340 Å². The van der Waals surface area contributed by atoms with Gasteiger partial charge in [-0.15, -0.1) is 0 Å². The molecule has 1 aliphatic rings. The van der Waals surface area contributed by atoms with Gasteiger partial charge in [0.2, 0.25) is 41.4 Å². The largest absolute Gasteiger partial charge is 0.481 e. The van der Waals surface area contributed by atoms with Gasteiger partial charge in [-0.1, -0.05) is 27.7 Å². The van der Waals surface area contributed by atoms with Crippen LogP contribution < -0.4 is 48.7 Å². The van der Waals surface area contributed by atoms with E-state index in [1.807, 2.05) is 5.32 Å². The van der Waals surface area contributed by atoms with E-state index in [-0.39, 0.29) is 50.7 Å². The Morgan fingerprint density at radius 1 is 0.729 bits per heavy atom. The third-order valence-electron chi connectivity index (χ3n) is 8.94. The lowest BCUT2D eigenvalue weighted by Crippen LogP contribution is -2.59. The Balaban J connectivity index is 3.01. The molecule has 0 spiro atoms. The molecule has 15 N–H and O–H groups in total. The van der Waals surface area contributed by atoms with Gasteiger partial charge in [0.25, 0.3) is 0 Å². The van der Waals surface area contributed by atoms with Crippen LogP contribution in [-0.2, 0) is 47.9 Å². The van der Waals surface area contributed by atoms with E-state index < -0.39 is 127 Å². The molecule has 7 atom stereocenters. The maximum atomic E-state index is 13.7. The number of likely N-dealkylation sites (tertiary alicyclic amines) is 1. The summed E-state index contributed by atoms with van der Waals surface area (Å²) in [4.78, 5) is 127. The smallest absolute Gasteiger partial charge is 0.326 e. The van der Waals surface area contributed by atoms with Crippen LogP contribution in [0.5, 0.6) is 0 Å². The molecule has 332 valence electrons. The molecule has 7 amide bonds. The molecule has 0 aromatic carbocycles. The van der Waals surface area contributed by atoms with Crippen LogP contribution in [0.1, 0.15) is 79.6 Å². The van der Waals surface area contributed by atoms with E-state index in [1.54, 1.807) is 27.7 Å². The molecule has 0 unspecified atom stereocenters. The molecule has 0 aromatic rings. The molecule has 24 nitrogen and oxygen atoms in total. The first-order chi connectivity index (χ1) is 27.4. The van der Waals surface area contributed by atoms with Gasteiger partial charge in [-0.05, 0) is 50.9 Å². The number of hydrogen-bond acceptors (Lipinski definition) is 12. The fraction of sp³-hybridized carbons (Fsp3) is 0.686. The van der Waals surface area contributed by atoms with Gasteiger partial charge in [0.15, 0.2) is 5.96 Å². The predicted molar refractivity (Wildman–Crippen MR) is 207 cm³/mol. The summed E-state index contributed by atoms with van der Waals surface area (Å²) in [5.74, 6) is -11.2. The maximum absolute atomic E-state index is 13.7. The zero-order valence-corrected chi connectivity index (χ0v) is 33.8. The molecule has 1 heterocycles. The van der Waals surface area contributed by atoms with Crippen LogP contribution >= 0.6 is 0 Å². The van der Waals surface area contributed by atoms with Crippen molar-refractivity contribution in [3.8, 4) is 0 Å². The van der Waals surface area contributed by atoms with E-state index in [9.17, 15) is 58.2 Å². The fourth-order valence-electron chi connectivity index (χ4n) is 5.92. The second-order valence-electron chi connectivity index (χ2n) is 14.9. The lowest BCUT2D eigenvalue weighted by molar-refractivity contribution is -0.149. The molecule has 0 bridgehead atoms. The van der Waals surface area contributed by atoms with Crippen LogP contribution in [0.15, 0.2) is 0 Å². The van der Waals surface area contributed by atoms with Crippen molar-refractivity contribution in [2.24, 2.45) is 23.3 Å². The van der Waals surface area contributed by atoms with Crippen LogP contribution in [0.4, 0.5) is 0 Å². The fourth-order valence-corrected chi connectivity index (χ4v) is 5.92. The third kappa shape index (κ3) is 18.4. The van der Waals surface area contributed by atoms with Crippen molar-refractivity contribution >= 4 is 65.2 Å². The van der Waals surface area contributed by atoms with Gasteiger partial charge in [0, 0.05) is 13.1 Å². The van der Waals surface area contributed by atoms with Crippen molar-refractivity contribution in [1.82, 2.24) is 42.1 Å². The number of nitrogens with zero attached hydrogens (tertiary/aromatic N) is 1. The zero-order chi connectivity index (χ0) is 45.1. The van der Waals surface area contributed by atoms with Crippen molar-refractivity contribution in [3.63, 3.8) is 0 Å². The van der Waals surface area contributed by atoms with E-state index in [0.717, 1.165) is 0 Å². The second-order valence-corrected chi connectivity index (χ2v) is 14.9. The first kappa shape index (κ1) is 50.9. The summed E-state index contributed by atoms with van der Waals surface area (Å²) in [6, 6.07) is -9.39. The highest BCUT2D eigenvalue weighted by molar-refractivity contribution is 5.97. The van der Waals surface area contributed by atoms with Crippen molar-refractivity contribution in [2.45, 2.75) is 122 Å². The standard InChI is InChI=1S/C35H59N11O13/c1-16(2)12-21(42-24(47)15-40-28(52)18(5)41-30(54)22(14-26(50)51)44-29(53)19(36)13-25(48)49)31(55)45-27(17(3)4)32(56)43-20(8-6-10-39-35(37)38)33(57)46-11-7-9-23(46)34(58)59/h16-23,27H,6-15,36H2,1-5H3,(H,40,52)(H,41,54)(H,42,47)(H,43,56)(H,44,53)(H,45,55)(H,48,49)(H,50,51)(H,58,59)(H4,37,38,39)/t18-,19-,20-,21-,22-,23-,27-/m0/s1. The number of carbonyl (C=O) groups is 10. The van der Waals surface area contributed by atoms with E-state index in [1.165, 1.54) is 11.8 Å².